The number of methoxy groups -OCH3 is 1. The molecule has 0 aliphatic carbocycles. The fraction of sp³-hybridized carbons (Fsp3) is 0.294. The van der Waals surface area contributed by atoms with Gasteiger partial charge >= 0.3 is 0 Å². The molecule has 0 aliphatic heterocycles. The van der Waals surface area contributed by atoms with Gasteiger partial charge in [-0.25, -0.2) is 4.98 Å². The molecule has 0 aliphatic rings. The molecule has 23 heavy (non-hydrogen) atoms. The van der Waals surface area contributed by atoms with Crippen LogP contribution in [0.15, 0.2) is 53.7 Å². The summed E-state index contributed by atoms with van der Waals surface area (Å²) in [7, 11) is 1.63. The van der Waals surface area contributed by atoms with Crippen molar-refractivity contribution in [2.24, 2.45) is 10.7 Å². The van der Waals surface area contributed by atoms with Crippen molar-refractivity contribution in [2.45, 2.75) is 12.8 Å². The van der Waals surface area contributed by atoms with E-state index in [1.807, 2.05) is 42.5 Å². The third kappa shape index (κ3) is 6.25. The molecule has 2 rings (SSSR count). The summed E-state index contributed by atoms with van der Waals surface area (Å²) in [6, 6.07) is 13.4. The Labute approximate surface area is 136 Å². The second-order valence-electron chi connectivity index (χ2n) is 4.97. The molecule has 6 nitrogen and oxygen atoms in total. The Morgan fingerprint density at radius 1 is 1.22 bits per heavy atom. The van der Waals surface area contributed by atoms with Gasteiger partial charge in [-0.15, -0.1) is 0 Å². The SMILES string of the molecule is COc1cccc(NC(N)=NCCCCNc2ccccn2)c1. The summed E-state index contributed by atoms with van der Waals surface area (Å²) in [5.74, 6) is 2.09. The van der Waals surface area contributed by atoms with E-state index >= 15 is 0 Å². The van der Waals surface area contributed by atoms with Crippen molar-refractivity contribution < 1.29 is 4.74 Å². The fourth-order valence-electron chi connectivity index (χ4n) is 2.01. The van der Waals surface area contributed by atoms with Crippen molar-refractivity contribution in [1.82, 2.24) is 4.98 Å². The van der Waals surface area contributed by atoms with Crippen LogP contribution >= 0.6 is 0 Å². The molecule has 122 valence electrons. The van der Waals surface area contributed by atoms with Gasteiger partial charge in [-0.3, -0.25) is 4.99 Å². The zero-order valence-electron chi connectivity index (χ0n) is 13.3. The largest absolute Gasteiger partial charge is 0.497 e. The van der Waals surface area contributed by atoms with E-state index in [1.54, 1.807) is 13.3 Å². The lowest BCUT2D eigenvalue weighted by Gasteiger charge is -2.07. The van der Waals surface area contributed by atoms with E-state index in [1.165, 1.54) is 0 Å². The first-order valence-corrected chi connectivity index (χ1v) is 7.64. The molecule has 2 aromatic rings. The second-order valence-corrected chi connectivity index (χ2v) is 4.97. The van der Waals surface area contributed by atoms with Crippen LogP contribution in [0.1, 0.15) is 12.8 Å². The van der Waals surface area contributed by atoms with Gasteiger partial charge in [0.25, 0.3) is 0 Å². The number of aliphatic imine (C=N–C) groups is 1. The van der Waals surface area contributed by atoms with Crippen LogP contribution in [0.2, 0.25) is 0 Å². The first-order valence-electron chi connectivity index (χ1n) is 7.64. The number of benzene rings is 1. The summed E-state index contributed by atoms with van der Waals surface area (Å²) in [6.45, 7) is 1.56. The van der Waals surface area contributed by atoms with Gasteiger partial charge in [0.2, 0.25) is 0 Å². The van der Waals surface area contributed by atoms with Crippen molar-refractivity contribution in [2.75, 3.05) is 30.8 Å². The zero-order chi connectivity index (χ0) is 16.3. The minimum absolute atomic E-state index is 0.413. The molecular formula is C17H23N5O. The van der Waals surface area contributed by atoms with Gasteiger partial charge in [-0.2, -0.15) is 0 Å². The summed E-state index contributed by atoms with van der Waals surface area (Å²) >= 11 is 0. The Balaban J connectivity index is 1.64. The highest BCUT2D eigenvalue weighted by molar-refractivity contribution is 5.92. The van der Waals surface area contributed by atoms with Gasteiger partial charge < -0.3 is 21.1 Å². The maximum atomic E-state index is 5.88. The number of rotatable bonds is 8. The number of nitrogens with two attached hydrogens (primary N) is 1. The highest BCUT2D eigenvalue weighted by atomic mass is 16.5. The van der Waals surface area contributed by atoms with Crippen LogP contribution < -0.4 is 21.1 Å². The van der Waals surface area contributed by atoms with Crippen LogP contribution in [0.4, 0.5) is 11.5 Å². The van der Waals surface area contributed by atoms with E-state index in [2.05, 4.69) is 20.6 Å². The van der Waals surface area contributed by atoms with E-state index in [9.17, 15) is 0 Å². The molecule has 1 aromatic carbocycles. The molecular weight excluding hydrogens is 290 g/mol. The van der Waals surface area contributed by atoms with Gasteiger partial charge in [-0.1, -0.05) is 12.1 Å². The molecule has 0 radical (unpaired) electrons. The fourth-order valence-corrected chi connectivity index (χ4v) is 2.01. The van der Waals surface area contributed by atoms with Gasteiger partial charge in [-0.05, 0) is 37.1 Å². The van der Waals surface area contributed by atoms with Crippen molar-refractivity contribution in [3.05, 3.63) is 48.7 Å². The lowest BCUT2D eigenvalue weighted by molar-refractivity contribution is 0.415. The maximum absolute atomic E-state index is 5.88. The number of hydrogen-bond acceptors (Lipinski definition) is 4. The molecule has 0 spiro atoms. The second kappa shape index (κ2) is 9.30. The van der Waals surface area contributed by atoms with E-state index in [-0.39, 0.29) is 0 Å². The zero-order valence-corrected chi connectivity index (χ0v) is 13.3. The average molecular weight is 313 g/mol. The molecule has 4 N–H and O–H groups in total. The number of anilines is 2. The van der Waals surface area contributed by atoms with Crippen molar-refractivity contribution >= 4 is 17.5 Å². The number of ether oxygens (including phenoxy) is 1. The molecule has 0 atom stereocenters. The highest BCUT2D eigenvalue weighted by Crippen LogP contribution is 2.16. The van der Waals surface area contributed by atoms with Crippen LogP contribution in [0, 0.1) is 0 Å². The molecule has 0 unspecified atom stereocenters. The van der Waals surface area contributed by atoms with Crippen molar-refractivity contribution in [3.8, 4) is 5.75 Å². The van der Waals surface area contributed by atoms with Gasteiger partial charge in [0, 0.05) is 31.0 Å². The lowest BCUT2D eigenvalue weighted by Crippen LogP contribution is -2.22. The van der Waals surface area contributed by atoms with Gasteiger partial charge in [0.1, 0.15) is 11.6 Å². The Bertz CT molecular complexity index is 615. The first-order chi connectivity index (χ1) is 11.3. The number of nitrogens with one attached hydrogen (secondary N) is 2. The van der Waals surface area contributed by atoms with E-state index < -0.39 is 0 Å². The monoisotopic (exact) mass is 313 g/mol. The van der Waals surface area contributed by atoms with E-state index in [4.69, 9.17) is 10.5 Å². The molecule has 1 heterocycles. The molecule has 0 amide bonds. The normalized spacial score (nSPS) is 11.1. The van der Waals surface area contributed by atoms with Crippen LogP contribution in [-0.4, -0.2) is 31.1 Å². The van der Waals surface area contributed by atoms with Gasteiger partial charge in [0.15, 0.2) is 5.96 Å². The smallest absolute Gasteiger partial charge is 0.193 e. The molecule has 0 saturated carbocycles. The summed E-state index contributed by atoms with van der Waals surface area (Å²) in [4.78, 5) is 8.53. The Morgan fingerprint density at radius 2 is 2.13 bits per heavy atom. The van der Waals surface area contributed by atoms with E-state index in [0.29, 0.717) is 12.5 Å². The lowest BCUT2D eigenvalue weighted by atomic mass is 10.3. The third-order valence-electron chi connectivity index (χ3n) is 3.18. The Morgan fingerprint density at radius 3 is 2.91 bits per heavy atom. The number of hydrogen-bond donors (Lipinski definition) is 3. The molecule has 6 heteroatoms. The van der Waals surface area contributed by atoms with Crippen molar-refractivity contribution in [3.63, 3.8) is 0 Å². The average Bonchev–Trinajstić information content (AvgIpc) is 2.59. The summed E-state index contributed by atoms with van der Waals surface area (Å²) < 4.78 is 5.17. The van der Waals surface area contributed by atoms with Gasteiger partial charge in [0.05, 0.1) is 7.11 Å². The minimum atomic E-state index is 0.413. The van der Waals surface area contributed by atoms with Crippen molar-refractivity contribution in [1.29, 1.82) is 0 Å². The Hall–Kier alpha value is -2.76. The van der Waals surface area contributed by atoms with Crippen LogP contribution in [-0.2, 0) is 0 Å². The number of pyridine rings is 1. The predicted molar refractivity (Wildman–Crippen MR) is 95.1 cm³/mol. The topological polar surface area (TPSA) is 84.6 Å². The standard InChI is InChI=1S/C17H23N5O/c1-23-15-8-6-7-14(13-15)22-17(18)21-12-5-4-11-20-16-9-2-3-10-19-16/h2-3,6-10,13H,4-5,11-12H2,1H3,(H,19,20)(H3,18,21,22). The number of aromatic nitrogens is 1. The van der Waals surface area contributed by atoms with Crippen LogP contribution in [0.25, 0.3) is 0 Å². The number of guanidine groups is 1. The van der Waals surface area contributed by atoms with E-state index in [0.717, 1.165) is 36.6 Å². The molecule has 0 bridgehead atoms. The third-order valence-corrected chi connectivity index (χ3v) is 3.18. The quantitative estimate of drug-likeness (QED) is 0.396. The van der Waals surface area contributed by atoms with Crippen LogP contribution in [0.5, 0.6) is 5.75 Å². The summed E-state index contributed by atoms with van der Waals surface area (Å²) in [5, 5.41) is 6.32. The number of unbranched alkanes of at least 4 members (excludes halogenated alkanes) is 1. The highest BCUT2D eigenvalue weighted by Gasteiger charge is 1.97. The summed E-state index contributed by atoms with van der Waals surface area (Å²) in [5.41, 5.74) is 6.74. The first kappa shape index (κ1) is 16.6. The number of nitrogens with zero attached hydrogens (tertiary/aromatic N) is 2. The van der Waals surface area contributed by atoms with Crippen LogP contribution in [0.3, 0.4) is 0 Å². The predicted octanol–water partition coefficient (Wildman–Crippen LogP) is 2.71. The maximum Gasteiger partial charge on any atom is 0.193 e. The molecule has 0 fully saturated rings. The molecule has 0 saturated heterocycles. The minimum Gasteiger partial charge on any atom is -0.497 e. The summed E-state index contributed by atoms with van der Waals surface area (Å²) in [6.07, 6.45) is 3.74. The molecule has 1 aromatic heterocycles. The Kier molecular flexibility index (Phi) is 6.71.